The van der Waals surface area contributed by atoms with Crippen LogP contribution in [0.4, 0.5) is 5.69 Å². The van der Waals surface area contributed by atoms with Gasteiger partial charge in [-0.2, -0.15) is 0 Å². The van der Waals surface area contributed by atoms with Gasteiger partial charge >= 0.3 is 0 Å². The third kappa shape index (κ3) is 2.26. The molecule has 3 N–H and O–H groups in total. The highest BCUT2D eigenvalue weighted by atomic mass is 16.3. The van der Waals surface area contributed by atoms with Crippen LogP contribution in [0.5, 0.6) is 0 Å². The van der Waals surface area contributed by atoms with E-state index in [0.29, 0.717) is 0 Å². The van der Waals surface area contributed by atoms with Crippen LogP contribution in [0.15, 0.2) is 24.3 Å². The number of primary amides is 1. The molecule has 0 spiro atoms. The van der Waals surface area contributed by atoms with Crippen molar-refractivity contribution in [2.24, 2.45) is 5.73 Å². The van der Waals surface area contributed by atoms with E-state index in [4.69, 9.17) is 5.73 Å². The Labute approximate surface area is 101 Å². The smallest absolute Gasteiger partial charge is 0.240 e. The van der Waals surface area contributed by atoms with Gasteiger partial charge in [-0.05, 0) is 25.8 Å². The van der Waals surface area contributed by atoms with Gasteiger partial charge in [-0.3, -0.25) is 4.79 Å². The molecule has 2 atom stereocenters. The van der Waals surface area contributed by atoms with Gasteiger partial charge in [0.05, 0.1) is 6.10 Å². The summed E-state index contributed by atoms with van der Waals surface area (Å²) in [6.45, 7) is 2.55. The van der Waals surface area contributed by atoms with Crippen LogP contribution in [0.2, 0.25) is 0 Å². The van der Waals surface area contributed by atoms with Crippen LogP contribution in [-0.4, -0.2) is 23.6 Å². The normalized spacial score (nSPS) is 21.5. The first-order valence-corrected chi connectivity index (χ1v) is 5.94. The van der Waals surface area contributed by atoms with Crippen molar-refractivity contribution in [1.29, 1.82) is 0 Å². The highest BCUT2D eigenvalue weighted by molar-refractivity contribution is 5.84. The molecule has 1 unspecified atom stereocenters. The molecule has 1 aromatic rings. The van der Waals surface area contributed by atoms with Crippen molar-refractivity contribution in [1.82, 2.24) is 0 Å². The number of carbonyl (C=O) groups is 1. The lowest BCUT2D eigenvalue weighted by Gasteiger charge is -2.27. The second kappa shape index (κ2) is 4.75. The zero-order valence-corrected chi connectivity index (χ0v) is 9.97. The third-order valence-electron chi connectivity index (χ3n) is 3.28. The fourth-order valence-corrected chi connectivity index (χ4v) is 2.45. The van der Waals surface area contributed by atoms with Gasteiger partial charge in [0.1, 0.15) is 6.04 Å². The molecule has 0 radical (unpaired) electrons. The molecule has 1 aliphatic rings. The molecule has 1 heterocycles. The molecule has 0 bridgehead atoms. The number of nitrogens with two attached hydrogens (primary N) is 1. The van der Waals surface area contributed by atoms with Gasteiger partial charge in [0.25, 0.3) is 0 Å². The van der Waals surface area contributed by atoms with Gasteiger partial charge in [-0.25, -0.2) is 0 Å². The summed E-state index contributed by atoms with van der Waals surface area (Å²) in [5.41, 5.74) is 7.18. The van der Waals surface area contributed by atoms with Gasteiger partial charge in [-0.1, -0.05) is 18.2 Å². The van der Waals surface area contributed by atoms with E-state index in [1.165, 1.54) is 0 Å². The number of amides is 1. The number of benzene rings is 1. The fourth-order valence-electron chi connectivity index (χ4n) is 2.45. The predicted molar refractivity (Wildman–Crippen MR) is 66.6 cm³/mol. The van der Waals surface area contributed by atoms with Crippen molar-refractivity contribution < 1.29 is 9.90 Å². The van der Waals surface area contributed by atoms with Gasteiger partial charge in [0.15, 0.2) is 0 Å². The Morgan fingerprint density at radius 1 is 1.53 bits per heavy atom. The minimum atomic E-state index is -0.541. The standard InChI is InChI=1S/C13H18N2O2/c1-9(16)10-5-2-3-6-11(10)15-8-4-7-12(15)13(14)17/h2-3,5-6,9,12,16H,4,7-8H2,1H3,(H2,14,17)/t9-,12?/m1/s1. The van der Waals surface area contributed by atoms with Crippen LogP contribution in [0.1, 0.15) is 31.4 Å². The summed E-state index contributed by atoms with van der Waals surface area (Å²) in [5.74, 6) is -0.289. The topological polar surface area (TPSA) is 66.6 Å². The van der Waals surface area contributed by atoms with Crippen molar-refractivity contribution in [2.75, 3.05) is 11.4 Å². The Morgan fingerprint density at radius 2 is 2.24 bits per heavy atom. The number of aliphatic hydroxyl groups is 1. The first kappa shape index (κ1) is 11.9. The number of carbonyl (C=O) groups excluding carboxylic acids is 1. The number of aliphatic hydroxyl groups excluding tert-OH is 1. The molecule has 1 aromatic carbocycles. The maximum absolute atomic E-state index is 11.4. The minimum absolute atomic E-state index is 0.241. The summed E-state index contributed by atoms with van der Waals surface area (Å²) in [5, 5.41) is 9.75. The molecule has 1 aliphatic heterocycles. The average Bonchev–Trinajstić information content (AvgIpc) is 2.77. The Morgan fingerprint density at radius 3 is 2.88 bits per heavy atom. The lowest BCUT2D eigenvalue weighted by molar-refractivity contribution is -0.119. The highest BCUT2D eigenvalue weighted by Gasteiger charge is 2.30. The van der Waals surface area contributed by atoms with E-state index in [2.05, 4.69) is 0 Å². The van der Waals surface area contributed by atoms with E-state index in [-0.39, 0.29) is 11.9 Å². The first-order chi connectivity index (χ1) is 8.11. The lowest BCUT2D eigenvalue weighted by Crippen LogP contribution is -2.40. The molecule has 1 amide bonds. The zero-order valence-electron chi connectivity index (χ0n) is 9.97. The van der Waals surface area contributed by atoms with Crippen molar-refractivity contribution in [3.63, 3.8) is 0 Å². The summed E-state index contributed by atoms with van der Waals surface area (Å²) in [4.78, 5) is 13.4. The molecular weight excluding hydrogens is 216 g/mol. The van der Waals surface area contributed by atoms with Crippen LogP contribution in [0.3, 0.4) is 0 Å². The Bertz CT molecular complexity index is 418. The largest absolute Gasteiger partial charge is 0.389 e. The van der Waals surface area contributed by atoms with Gasteiger partial charge < -0.3 is 15.7 Å². The quantitative estimate of drug-likeness (QED) is 0.825. The van der Waals surface area contributed by atoms with E-state index < -0.39 is 6.10 Å². The van der Waals surface area contributed by atoms with Crippen LogP contribution in [0.25, 0.3) is 0 Å². The summed E-state index contributed by atoms with van der Waals surface area (Å²) in [6, 6.07) is 7.38. The Balaban J connectivity index is 2.36. The number of rotatable bonds is 3. The predicted octanol–water partition coefficient (Wildman–Crippen LogP) is 1.19. The summed E-state index contributed by atoms with van der Waals surface area (Å²) in [7, 11) is 0. The molecular formula is C13H18N2O2. The second-order valence-electron chi connectivity index (χ2n) is 4.49. The molecule has 1 fully saturated rings. The fraction of sp³-hybridized carbons (Fsp3) is 0.462. The molecule has 17 heavy (non-hydrogen) atoms. The molecule has 2 rings (SSSR count). The number of hydrogen-bond acceptors (Lipinski definition) is 3. The van der Waals surface area contributed by atoms with E-state index in [9.17, 15) is 9.90 Å². The Kier molecular flexibility index (Phi) is 3.33. The SMILES string of the molecule is C[C@@H](O)c1ccccc1N1CCCC1C(N)=O. The van der Waals surface area contributed by atoms with Crippen LogP contribution < -0.4 is 10.6 Å². The molecule has 0 aromatic heterocycles. The van der Waals surface area contributed by atoms with Crippen LogP contribution in [-0.2, 0) is 4.79 Å². The summed E-state index contributed by atoms with van der Waals surface area (Å²) < 4.78 is 0. The third-order valence-corrected chi connectivity index (χ3v) is 3.28. The number of anilines is 1. The summed E-state index contributed by atoms with van der Waals surface area (Å²) in [6.07, 6.45) is 1.21. The van der Waals surface area contributed by atoms with Crippen molar-refractivity contribution >= 4 is 11.6 Å². The zero-order chi connectivity index (χ0) is 12.4. The van der Waals surface area contributed by atoms with Crippen molar-refractivity contribution in [3.8, 4) is 0 Å². The number of nitrogens with zero attached hydrogens (tertiary/aromatic N) is 1. The van der Waals surface area contributed by atoms with Crippen LogP contribution >= 0.6 is 0 Å². The monoisotopic (exact) mass is 234 g/mol. The van der Waals surface area contributed by atoms with Gasteiger partial charge in [0.2, 0.25) is 5.91 Å². The highest BCUT2D eigenvalue weighted by Crippen LogP contribution is 2.31. The molecule has 0 aliphatic carbocycles. The van der Waals surface area contributed by atoms with Gasteiger partial charge in [-0.15, -0.1) is 0 Å². The van der Waals surface area contributed by atoms with E-state index >= 15 is 0 Å². The average molecular weight is 234 g/mol. The maximum atomic E-state index is 11.4. The molecule has 1 saturated heterocycles. The molecule has 0 saturated carbocycles. The molecule has 4 nitrogen and oxygen atoms in total. The lowest BCUT2D eigenvalue weighted by atomic mass is 10.1. The maximum Gasteiger partial charge on any atom is 0.240 e. The second-order valence-corrected chi connectivity index (χ2v) is 4.49. The van der Waals surface area contributed by atoms with Crippen molar-refractivity contribution in [3.05, 3.63) is 29.8 Å². The van der Waals surface area contributed by atoms with E-state index in [0.717, 1.165) is 30.6 Å². The van der Waals surface area contributed by atoms with E-state index in [1.54, 1.807) is 6.92 Å². The van der Waals surface area contributed by atoms with Crippen LogP contribution in [0, 0.1) is 0 Å². The molecule has 92 valence electrons. The number of hydrogen-bond donors (Lipinski definition) is 2. The van der Waals surface area contributed by atoms with Crippen molar-refractivity contribution in [2.45, 2.75) is 31.9 Å². The molecule has 4 heteroatoms. The summed E-state index contributed by atoms with van der Waals surface area (Å²) >= 11 is 0. The van der Waals surface area contributed by atoms with E-state index in [1.807, 2.05) is 29.2 Å². The number of para-hydroxylation sites is 1. The minimum Gasteiger partial charge on any atom is -0.389 e. The first-order valence-electron chi connectivity index (χ1n) is 5.94. The Hall–Kier alpha value is -1.55. The van der Waals surface area contributed by atoms with Gasteiger partial charge in [0, 0.05) is 17.8 Å².